The standard InChI is InChI=1S/C23H27N5O2/c29-22-11-18(15-28(22)19-7-2-1-3-8-19)23(30)24-12-16-13-27(14-16)21-10-17-6-4-5-9-20(17)25-26-21/h1-3,7-8,10,16,18H,4-6,9,11-15H2,(H,24,30). The zero-order chi connectivity index (χ0) is 20.5. The third-order valence-electron chi connectivity index (χ3n) is 6.47. The van der Waals surface area contributed by atoms with Crippen LogP contribution in [0.2, 0.25) is 0 Å². The minimum Gasteiger partial charge on any atom is -0.355 e. The zero-order valence-electron chi connectivity index (χ0n) is 17.1. The Kier molecular flexibility index (Phi) is 5.11. The number of para-hydroxylation sites is 1. The van der Waals surface area contributed by atoms with Crippen LogP contribution in [0.4, 0.5) is 11.5 Å². The molecule has 7 nitrogen and oxygen atoms in total. The van der Waals surface area contributed by atoms with E-state index in [0.29, 0.717) is 19.0 Å². The normalized spacial score (nSPS) is 21.3. The number of aryl methyl sites for hydroxylation is 2. The van der Waals surface area contributed by atoms with Crippen molar-refractivity contribution in [2.75, 3.05) is 36.0 Å². The van der Waals surface area contributed by atoms with Crippen LogP contribution in [-0.4, -0.2) is 48.2 Å². The Bertz CT molecular complexity index is 942. The van der Waals surface area contributed by atoms with Crippen molar-refractivity contribution in [3.05, 3.63) is 47.7 Å². The molecule has 2 amide bonds. The summed E-state index contributed by atoms with van der Waals surface area (Å²) < 4.78 is 0. The summed E-state index contributed by atoms with van der Waals surface area (Å²) in [6.45, 7) is 2.86. The Morgan fingerprint density at radius 1 is 1.07 bits per heavy atom. The second-order valence-corrected chi connectivity index (χ2v) is 8.64. The van der Waals surface area contributed by atoms with Gasteiger partial charge in [-0.05, 0) is 49.4 Å². The van der Waals surface area contributed by atoms with Crippen LogP contribution in [0.25, 0.3) is 0 Å². The maximum atomic E-state index is 12.6. The maximum Gasteiger partial charge on any atom is 0.227 e. The topological polar surface area (TPSA) is 78.4 Å². The molecule has 1 aromatic carbocycles. The molecule has 30 heavy (non-hydrogen) atoms. The Morgan fingerprint density at radius 2 is 1.87 bits per heavy atom. The lowest BCUT2D eigenvalue weighted by Crippen LogP contribution is -2.52. The van der Waals surface area contributed by atoms with Gasteiger partial charge in [0.2, 0.25) is 11.8 Å². The molecule has 3 aliphatic rings. The third-order valence-corrected chi connectivity index (χ3v) is 6.47. The van der Waals surface area contributed by atoms with Crippen molar-refractivity contribution in [1.29, 1.82) is 0 Å². The third kappa shape index (κ3) is 3.76. The predicted octanol–water partition coefficient (Wildman–Crippen LogP) is 1.96. The lowest BCUT2D eigenvalue weighted by atomic mass is 9.95. The Labute approximate surface area is 176 Å². The summed E-state index contributed by atoms with van der Waals surface area (Å²) in [7, 11) is 0. The first kappa shape index (κ1) is 19.0. The molecule has 1 aliphatic carbocycles. The highest BCUT2D eigenvalue weighted by Crippen LogP contribution is 2.27. The molecule has 7 heteroatoms. The summed E-state index contributed by atoms with van der Waals surface area (Å²) in [4.78, 5) is 28.9. The van der Waals surface area contributed by atoms with Gasteiger partial charge in [0.25, 0.3) is 0 Å². The molecule has 0 bridgehead atoms. The van der Waals surface area contributed by atoms with Crippen molar-refractivity contribution < 1.29 is 9.59 Å². The number of nitrogens with one attached hydrogen (secondary N) is 1. The maximum absolute atomic E-state index is 12.6. The molecule has 2 fully saturated rings. The number of benzene rings is 1. The van der Waals surface area contributed by atoms with Gasteiger partial charge in [-0.2, -0.15) is 5.10 Å². The van der Waals surface area contributed by atoms with E-state index in [1.165, 1.54) is 18.4 Å². The van der Waals surface area contributed by atoms with E-state index in [-0.39, 0.29) is 24.2 Å². The summed E-state index contributed by atoms with van der Waals surface area (Å²) in [6.07, 6.45) is 4.87. The van der Waals surface area contributed by atoms with Gasteiger partial charge in [0.1, 0.15) is 0 Å². The fourth-order valence-electron chi connectivity index (χ4n) is 4.65. The molecule has 5 rings (SSSR count). The second-order valence-electron chi connectivity index (χ2n) is 8.64. The highest BCUT2D eigenvalue weighted by molar-refractivity contribution is 6.00. The smallest absolute Gasteiger partial charge is 0.227 e. The lowest BCUT2D eigenvalue weighted by molar-refractivity contribution is -0.126. The number of anilines is 2. The van der Waals surface area contributed by atoms with E-state index in [9.17, 15) is 9.59 Å². The zero-order valence-corrected chi connectivity index (χ0v) is 17.1. The minimum absolute atomic E-state index is 0.0159. The second kappa shape index (κ2) is 8.05. The molecular formula is C23H27N5O2. The number of carbonyl (C=O) groups is 2. The Balaban J connectivity index is 1.10. The van der Waals surface area contributed by atoms with Crippen LogP contribution >= 0.6 is 0 Å². The van der Waals surface area contributed by atoms with Gasteiger partial charge in [0.05, 0.1) is 11.6 Å². The molecule has 0 spiro atoms. The molecule has 2 aromatic rings. The molecule has 3 heterocycles. The number of rotatable bonds is 5. The Hall–Kier alpha value is -2.96. The molecular weight excluding hydrogens is 378 g/mol. The number of carbonyl (C=O) groups excluding carboxylic acids is 2. The van der Waals surface area contributed by atoms with E-state index in [2.05, 4.69) is 26.5 Å². The van der Waals surface area contributed by atoms with Gasteiger partial charge in [0.15, 0.2) is 5.82 Å². The highest BCUT2D eigenvalue weighted by atomic mass is 16.2. The van der Waals surface area contributed by atoms with Gasteiger partial charge in [-0.15, -0.1) is 5.10 Å². The van der Waals surface area contributed by atoms with E-state index in [1.54, 1.807) is 4.90 Å². The molecule has 156 valence electrons. The van der Waals surface area contributed by atoms with Gasteiger partial charge >= 0.3 is 0 Å². The number of amides is 2. The molecule has 1 aromatic heterocycles. The molecule has 2 saturated heterocycles. The molecule has 1 atom stereocenters. The minimum atomic E-state index is -0.277. The first-order valence-corrected chi connectivity index (χ1v) is 10.9. The summed E-state index contributed by atoms with van der Waals surface area (Å²) in [6, 6.07) is 11.7. The summed E-state index contributed by atoms with van der Waals surface area (Å²) in [5, 5.41) is 11.9. The highest BCUT2D eigenvalue weighted by Gasteiger charge is 2.36. The fourth-order valence-corrected chi connectivity index (χ4v) is 4.65. The van der Waals surface area contributed by atoms with Gasteiger partial charge in [-0.25, -0.2) is 0 Å². The average molecular weight is 406 g/mol. The van der Waals surface area contributed by atoms with Crippen LogP contribution in [-0.2, 0) is 22.4 Å². The van der Waals surface area contributed by atoms with Crippen LogP contribution in [0, 0.1) is 11.8 Å². The predicted molar refractivity (Wildman–Crippen MR) is 114 cm³/mol. The van der Waals surface area contributed by atoms with E-state index in [0.717, 1.165) is 43.1 Å². The Morgan fingerprint density at radius 3 is 2.70 bits per heavy atom. The van der Waals surface area contributed by atoms with Crippen LogP contribution < -0.4 is 15.1 Å². The molecule has 2 aliphatic heterocycles. The quantitative estimate of drug-likeness (QED) is 0.823. The summed E-state index contributed by atoms with van der Waals surface area (Å²) in [5.41, 5.74) is 3.36. The number of aromatic nitrogens is 2. The van der Waals surface area contributed by atoms with E-state index >= 15 is 0 Å². The monoisotopic (exact) mass is 405 g/mol. The van der Waals surface area contributed by atoms with Gasteiger partial charge in [-0.1, -0.05) is 18.2 Å². The number of nitrogens with zero attached hydrogens (tertiary/aromatic N) is 4. The van der Waals surface area contributed by atoms with E-state index < -0.39 is 0 Å². The molecule has 0 saturated carbocycles. The van der Waals surface area contributed by atoms with Crippen LogP contribution in [0.15, 0.2) is 36.4 Å². The molecule has 1 unspecified atom stereocenters. The van der Waals surface area contributed by atoms with Crippen molar-refractivity contribution in [2.24, 2.45) is 11.8 Å². The lowest BCUT2D eigenvalue weighted by Gasteiger charge is -2.40. The summed E-state index contributed by atoms with van der Waals surface area (Å²) >= 11 is 0. The first-order valence-electron chi connectivity index (χ1n) is 10.9. The fraction of sp³-hybridized carbons (Fsp3) is 0.478. The number of fused-ring (bicyclic) bond motifs is 1. The van der Waals surface area contributed by atoms with Crippen LogP contribution in [0.5, 0.6) is 0 Å². The SMILES string of the molecule is O=C(NCC1CN(c2cc3c(nn2)CCCC3)C1)C1CC(=O)N(c2ccccc2)C1. The van der Waals surface area contributed by atoms with Gasteiger partial charge in [0, 0.05) is 44.2 Å². The van der Waals surface area contributed by atoms with Crippen molar-refractivity contribution in [1.82, 2.24) is 15.5 Å². The van der Waals surface area contributed by atoms with Crippen molar-refractivity contribution in [2.45, 2.75) is 32.1 Å². The van der Waals surface area contributed by atoms with E-state index in [1.807, 2.05) is 30.3 Å². The van der Waals surface area contributed by atoms with Crippen molar-refractivity contribution in [3.63, 3.8) is 0 Å². The molecule has 1 N–H and O–H groups in total. The first-order chi connectivity index (χ1) is 14.7. The van der Waals surface area contributed by atoms with Crippen molar-refractivity contribution >= 4 is 23.3 Å². The van der Waals surface area contributed by atoms with Crippen LogP contribution in [0.3, 0.4) is 0 Å². The van der Waals surface area contributed by atoms with Gasteiger partial charge in [-0.3, -0.25) is 9.59 Å². The number of hydrogen-bond donors (Lipinski definition) is 1. The van der Waals surface area contributed by atoms with Crippen LogP contribution in [0.1, 0.15) is 30.5 Å². The molecule has 0 radical (unpaired) electrons. The van der Waals surface area contributed by atoms with Gasteiger partial charge < -0.3 is 15.1 Å². The van der Waals surface area contributed by atoms with E-state index in [4.69, 9.17) is 0 Å². The largest absolute Gasteiger partial charge is 0.355 e. The summed E-state index contributed by atoms with van der Waals surface area (Å²) in [5.74, 6) is 1.09. The number of hydrogen-bond acceptors (Lipinski definition) is 5. The average Bonchev–Trinajstić information content (AvgIpc) is 3.15. The van der Waals surface area contributed by atoms with Crippen molar-refractivity contribution in [3.8, 4) is 0 Å².